The number of aromatic nitrogens is 2. The minimum atomic E-state index is -4.39. The van der Waals surface area contributed by atoms with E-state index in [0.29, 0.717) is 5.69 Å². The predicted octanol–water partition coefficient (Wildman–Crippen LogP) is 2.35. The number of carboxylic acid groups (broad SMARTS) is 1. The highest BCUT2D eigenvalue weighted by molar-refractivity contribution is 5.68. The molecule has 1 N–H and O–H groups in total. The zero-order valence-corrected chi connectivity index (χ0v) is 9.96. The van der Waals surface area contributed by atoms with Gasteiger partial charge in [-0.2, -0.15) is 18.3 Å². The molecule has 1 aromatic heterocycles. The molecule has 8 heteroatoms. The summed E-state index contributed by atoms with van der Waals surface area (Å²) in [6, 6.07) is 4.40. The van der Waals surface area contributed by atoms with Crippen LogP contribution < -0.4 is 4.74 Å². The fourth-order valence-electron chi connectivity index (χ4n) is 1.47. The van der Waals surface area contributed by atoms with E-state index in [1.54, 1.807) is 0 Å². The van der Waals surface area contributed by atoms with Gasteiger partial charge >= 0.3 is 12.1 Å². The zero-order chi connectivity index (χ0) is 14.8. The van der Waals surface area contributed by atoms with Gasteiger partial charge in [0.2, 0.25) is 0 Å². The van der Waals surface area contributed by atoms with Gasteiger partial charge in [-0.25, -0.2) is 9.48 Å². The number of rotatable bonds is 4. The van der Waals surface area contributed by atoms with E-state index in [0.717, 1.165) is 12.1 Å². The van der Waals surface area contributed by atoms with Crippen molar-refractivity contribution in [3.63, 3.8) is 0 Å². The Hall–Kier alpha value is -2.51. The lowest BCUT2D eigenvalue weighted by molar-refractivity contribution is -0.139. The second kappa shape index (κ2) is 5.24. The van der Waals surface area contributed by atoms with Crippen LogP contribution in [0.5, 0.6) is 5.75 Å². The van der Waals surface area contributed by atoms with E-state index in [1.165, 1.54) is 29.2 Å². The van der Waals surface area contributed by atoms with Crippen LogP contribution >= 0.6 is 0 Å². The minimum Gasteiger partial charge on any atom is -0.479 e. The van der Waals surface area contributed by atoms with Crippen molar-refractivity contribution < 1.29 is 27.8 Å². The first-order chi connectivity index (χ1) is 9.36. The number of halogens is 3. The summed E-state index contributed by atoms with van der Waals surface area (Å²) in [5, 5.41) is 12.3. The number of nitrogens with zero attached hydrogens (tertiary/aromatic N) is 2. The van der Waals surface area contributed by atoms with Crippen molar-refractivity contribution in [1.29, 1.82) is 0 Å². The van der Waals surface area contributed by atoms with Crippen LogP contribution in [0.2, 0.25) is 0 Å². The molecule has 0 fully saturated rings. The van der Waals surface area contributed by atoms with Gasteiger partial charge in [-0.15, -0.1) is 0 Å². The molecule has 106 valence electrons. The van der Waals surface area contributed by atoms with Crippen molar-refractivity contribution in [2.24, 2.45) is 0 Å². The molecule has 0 saturated heterocycles. The highest BCUT2D eigenvalue weighted by Crippen LogP contribution is 2.29. The van der Waals surface area contributed by atoms with Crippen molar-refractivity contribution in [3.05, 3.63) is 42.2 Å². The van der Waals surface area contributed by atoms with E-state index in [2.05, 4.69) is 5.10 Å². The molecule has 2 aromatic rings. The van der Waals surface area contributed by atoms with Gasteiger partial charge in [-0.05, 0) is 24.3 Å². The van der Waals surface area contributed by atoms with E-state index < -0.39 is 24.3 Å². The van der Waals surface area contributed by atoms with Crippen LogP contribution in [0.4, 0.5) is 13.2 Å². The van der Waals surface area contributed by atoms with E-state index in [-0.39, 0.29) is 5.75 Å². The number of aliphatic carboxylic acids is 1. The van der Waals surface area contributed by atoms with Gasteiger partial charge in [-0.3, -0.25) is 0 Å². The predicted molar refractivity (Wildman–Crippen MR) is 61.7 cm³/mol. The van der Waals surface area contributed by atoms with Crippen molar-refractivity contribution >= 4 is 5.97 Å². The highest BCUT2D eigenvalue weighted by atomic mass is 19.4. The average molecular weight is 286 g/mol. The fourth-order valence-corrected chi connectivity index (χ4v) is 1.47. The lowest BCUT2D eigenvalue weighted by Gasteiger charge is -2.07. The highest BCUT2D eigenvalue weighted by Gasteiger charge is 2.30. The van der Waals surface area contributed by atoms with Gasteiger partial charge in [0.15, 0.2) is 12.4 Å². The normalized spacial score (nSPS) is 11.3. The maximum absolute atomic E-state index is 12.4. The number of hydrogen-bond donors (Lipinski definition) is 1. The molecular weight excluding hydrogens is 277 g/mol. The molecule has 0 amide bonds. The Morgan fingerprint density at radius 1 is 1.30 bits per heavy atom. The number of carbonyl (C=O) groups is 1. The monoisotopic (exact) mass is 286 g/mol. The Balaban J connectivity index is 2.14. The fraction of sp³-hybridized carbons (Fsp3) is 0.167. The van der Waals surface area contributed by atoms with Crippen LogP contribution in [0.3, 0.4) is 0 Å². The van der Waals surface area contributed by atoms with Crippen LogP contribution in [-0.2, 0) is 11.0 Å². The van der Waals surface area contributed by atoms with E-state index in [1.807, 2.05) is 0 Å². The maximum Gasteiger partial charge on any atom is 0.416 e. The van der Waals surface area contributed by atoms with E-state index >= 15 is 0 Å². The molecule has 0 radical (unpaired) electrons. The molecule has 20 heavy (non-hydrogen) atoms. The summed E-state index contributed by atoms with van der Waals surface area (Å²) in [6.45, 7) is -0.515. The summed E-state index contributed by atoms with van der Waals surface area (Å²) in [5.74, 6) is -0.917. The largest absolute Gasteiger partial charge is 0.479 e. The Morgan fingerprint density at radius 2 is 1.95 bits per heavy atom. The van der Waals surface area contributed by atoms with Crippen molar-refractivity contribution in [2.45, 2.75) is 6.18 Å². The summed E-state index contributed by atoms with van der Waals surface area (Å²) in [6.07, 6.45) is -1.73. The molecule has 2 rings (SSSR count). The SMILES string of the molecule is O=C(O)COc1cnn(-c2ccc(C(F)(F)F)cc2)c1. The smallest absolute Gasteiger partial charge is 0.416 e. The molecule has 0 bridgehead atoms. The van der Waals surface area contributed by atoms with Crippen LogP contribution in [0.25, 0.3) is 5.69 Å². The summed E-state index contributed by atoms with van der Waals surface area (Å²) in [5.41, 5.74) is -0.348. The van der Waals surface area contributed by atoms with Gasteiger partial charge in [-0.1, -0.05) is 0 Å². The van der Waals surface area contributed by atoms with Crippen molar-refractivity contribution in [1.82, 2.24) is 9.78 Å². The number of carboxylic acids is 1. The van der Waals surface area contributed by atoms with E-state index in [4.69, 9.17) is 9.84 Å². The number of alkyl halides is 3. The molecule has 1 aromatic carbocycles. The zero-order valence-electron chi connectivity index (χ0n) is 9.96. The Kier molecular flexibility index (Phi) is 3.64. The lowest BCUT2D eigenvalue weighted by atomic mass is 10.2. The van der Waals surface area contributed by atoms with Crippen LogP contribution in [0.1, 0.15) is 5.56 Å². The molecule has 0 unspecified atom stereocenters. The van der Waals surface area contributed by atoms with Gasteiger partial charge in [0, 0.05) is 0 Å². The molecular formula is C12H9F3N2O3. The minimum absolute atomic E-state index is 0.215. The molecule has 0 aliphatic heterocycles. The number of hydrogen-bond acceptors (Lipinski definition) is 3. The van der Waals surface area contributed by atoms with Gasteiger partial charge in [0.1, 0.15) is 0 Å². The Bertz CT molecular complexity index is 605. The molecule has 0 aliphatic carbocycles. The third-order valence-electron chi connectivity index (χ3n) is 2.38. The summed E-state index contributed by atoms with van der Waals surface area (Å²) in [4.78, 5) is 10.3. The Morgan fingerprint density at radius 3 is 2.50 bits per heavy atom. The molecule has 0 aliphatic rings. The molecule has 5 nitrogen and oxygen atoms in total. The number of ether oxygens (including phenoxy) is 1. The van der Waals surface area contributed by atoms with E-state index in [9.17, 15) is 18.0 Å². The third kappa shape index (κ3) is 3.28. The molecule has 1 heterocycles. The third-order valence-corrected chi connectivity index (χ3v) is 2.38. The second-order valence-corrected chi connectivity index (χ2v) is 3.85. The Labute approximate surface area is 111 Å². The summed E-state index contributed by atoms with van der Waals surface area (Å²) < 4.78 is 43.4. The molecule has 0 spiro atoms. The summed E-state index contributed by atoms with van der Waals surface area (Å²) in [7, 11) is 0. The van der Waals surface area contributed by atoms with Crippen LogP contribution in [0.15, 0.2) is 36.7 Å². The first kappa shape index (κ1) is 13.9. The van der Waals surface area contributed by atoms with Gasteiger partial charge in [0.05, 0.1) is 23.6 Å². The standard InChI is InChI=1S/C12H9F3N2O3/c13-12(14,15)8-1-3-9(4-2-8)17-6-10(5-16-17)20-7-11(18)19/h1-6H,7H2,(H,18,19). The van der Waals surface area contributed by atoms with Crippen molar-refractivity contribution in [3.8, 4) is 11.4 Å². The van der Waals surface area contributed by atoms with Crippen molar-refractivity contribution in [2.75, 3.05) is 6.61 Å². The van der Waals surface area contributed by atoms with Gasteiger partial charge < -0.3 is 9.84 Å². The van der Waals surface area contributed by atoms with Gasteiger partial charge in [0.25, 0.3) is 0 Å². The topological polar surface area (TPSA) is 64.3 Å². The maximum atomic E-state index is 12.4. The quantitative estimate of drug-likeness (QED) is 0.937. The van der Waals surface area contributed by atoms with Crippen LogP contribution in [0, 0.1) is 0 Å². The van der Waals surface area contributed by atoms with Crippen LogP contribution in [-0.4, -0.2) is 27.5 Å². The number of benzene rings is 1. The average Bonchev–Trinajstić information content (AvgIpc) is 2.84. The second-order valence-electron chi connectivity index (χ2n) is 3.85. The first-order valence-electron chi connectivity index (χ1n) is 5.43. The lowest BCUT2D eigenvalue weighted by Crippen LogP contribution is -2.08. The molecule has 0 saturated carbocycles. The first-order valence-corrected chi connectivity index (χ1v) is 5.43. The summed E-state index contributed by atoms with van der Waals surface area (Å²) >= 11 is 0. The molecule has 0 atom stereocenters.